The average Bonchev–Trinajstić information content (AvgIpc) is 3.26. The lowest BCUT2D eigenvalue weighted by atomic mass is 10.1. The van der Waals surface area contributed by atoms with Gasteiger partial charge in [0.25, 0.3) is 5.91 Å². The molecule has 2 N–H and O–H groups in total. The number of amides is 2. The summed E-state index contributed by atoms with van der Waals surface area (Å²) in [5.41, 5.74) is 5.12. The number of thioether (sulfide) groups is 1. The molecule has 0 aliphatic heterocycles. The first-order valence-electron chi connectivity index (χ1n) is 9.99. The molecule has 152 valence electrons. The van der Waals surface area contributed by atoms with Crippen molar-refractivity contribution in [2.24, 2.45) is 0 Å². The molecule has 6 heteroatoms. The predicted octanol–water partition coefficient (Wildman–Crippen LogP) is 4.23. The van der Waals surface area contributed by atoms with E-state index in [0.717, 1.165) is 16.9 Å². The van der Waals surface area contributed by atoms with Crippen LogP contribution in [0.25, 0.3) is 0 Å². The first-order valence-corrected chi connectivity index (χ1v) is 11.0. The third kappa shape index (κ3) is 5.27. The zero-order chi connectivity index (χ0) is 20.8. The minimum atomic E-state index is -0.179. The van der Waals surface area contributed by atoms with Gasteiger partial charge in [0.05, 0.1) is 5.75 Å². The third-order valence-electron chi connectivity index (χ3n) is 5.08. The Morgan fingerprint density at radius 2 is 1.70 bits per heavy atom. The molecule has 30 heavy (non-hydrogen) atoms. The van der Waals surface area contributed by atoms with Crippen molar-refractivity contribution in [2.45, 2.75) is 30.7 Å². The van der Waals surface area contributed by atoms with Crippen molar-refractivity contribution in [3.63, 3.8) is 0 Å². The first-order chi connectivity index (χ1) is 14.7. The molecule has 4 rings (SSSR count). The molecule has 2 aromatic carbocycles. The number of benzene rings is 2. The molecule has 3 aromatic rings. The van der Waals surface area contributed by atoms with E-state index in [1.165, 1.54) is 24.0 Å². The van der Waals surface area contributed by atoms with Gasteiger partial charge in [-0.1, -0.05) is 18.2 Å². The molecule has 0 saturated heterocycles. The summed E-state index contributed by atoms with van der Waals surface area (Å²) in [6, 6.07) is 17.3. The average molecular weight is 418 g/mol. The van der Waals surface area contributed by atoms with E-state index < -0.39 is 0 Å². The van der Waals surface area contributed by atoms with E-state index in [1.54, 1.807) is 36.3 Å². The lowest BCUT2D eigenvalue weighted by molar-refractivity contribution is -0.118. The molecule has 0 atom stereocenters. The smallest absolute Gasteiger partial charge is 0.255 e. The number of hydrogen-bond acceptors (Lipinski definition) is 4. The molecule has 5 nitrogen and oxygen atoms in total. The lowest BCUT2D eigenvalue weighted by Gasteiger charge is -2.08. The van der Waals surface area contributed by atoms with Crippen LogP contribution in [-0.4, -0.2) is 22.6 Å². The quantitative estimate of drug-likeness (QED) is 0.565. The second-order valence-electron chi connectivity index (χ2n) is 7.24. The zero-order valence-corrected chi connectivity index (χ0v) is 17.4. The molecule has 2 amide bonds. The molecule has 0 fully saturated rings. The Balaban J connectivity index is 1.23. The van der Waals surface area contributed by atoms with Gasteiger partial charge < -0.3 is 10.6 Å². The van der Waals surface area contributed by atoms with Gasteiger partial charge in [0.1, 0.15) is 0 Å². The fourth-order valence-corrected chi connectivity index (χ4v) is 4.24. The van der Waals surface area contributed by atoms with Crippen molar-refractivity contribution < 1.29 is 9.59 Å². The van der Waals surface area contributed by atoms with Crippen LogP contribution in [0.1, 0.15) is 33.5 Å². The van der Waals surface area contributed by atoms with Crippen molar-refractivity contribution >= 4 is 29.3 Å². The minimum absolute atomic E-state index is 0.00978. The van der Waals surface area contributed by atoms with Crippen LogP contribution >= 0.6 is 11.8 Å². The van der Waals surface area contributed by atoms with E-state index in [1.807, 2.05) is 24.3 Å². The van der Waals surface area contributed by atoms with Crippen LogP contribution in [0.15, 0.2) is 71.9 Å². The normalized spacial score (nSPS) is 12.3. The third-order valence-corrected chi connectivity index (χ3v) is 6.08. The van der Waals surface area contributed by atoms with Gasteiger partial charge in [0.2, 0.25) is 5.91 Å². The Morgan fingerprint density at radius 1 is 0.933 bits per heavy atom. The number of carbonyl (C=O) groups is 2. The van der Waals surface area contributed by atoms with Crippen molar-refractivity contribution in [1.82, 2.24) is 10.3 Å². The van der Waals surface area contributed by atoms with Gasteiger partial charge in [0.15, 0.2) is 0 Å². The number of carbonyl (C=O) groups excluding carboxylic acids is 2. The van der Waals surface area contributed by atoms with Gasteiger partial charge in [-0.05, 0) is 72.4 Å². The molecule has 0 spiro atoms. The summed E-state index contributed by atoms with van der Waals surface area (Å²) in [6.45, 7) is 0.460. The van der Waals surface area contributed by atoms with Gasteiger partial charge in [-0.15, -0.1) is 11.8 Å². The second kappa shape index (κ2) is 9.59. The van der Waals surface area contributed by atoms with Gasteiger partial charge in [0, 0.05) is 35.1 Å². The highest BCUT2D eigenvalue weighted by Crippen LogP contribution is 2.27. The highest BCUT2D eigenvalue weighted by Gasteiger charge is 2.12. The van der Waals surface area contributed by atoms with Crippen molar-refractivity contribution in [3.8, 4) is 0 Å². The van der Waals surface area contributed by atoms with Crippen LogP contribution in [0, 0.1) is 0 Å². The van der Waals surface area contributed by atoms with Gasteiger partial charge in [-0.2, -0.15) is 0 Å². The number of anilines is 1. The van der Waals surface area contributed by atoms with E-state index in [0.29, 0.717) is 23.5 Å². The van der Waals surface area contributed by atoms with Gasteiger partial charge in [-0.25, -0.2) is 0 Å². The number of rotatable bonds is 7. The Bertz CT molecular complexity index is 1040. The summed E-state index contributed by atoms with van der Waals surface area (Å²) in [4.78, 5) is 29.4. The lowest BCUT2D eigenvalue weighted by Crippen LogP contribution is -2.24. The van der Waals surface area contributed by atoms with E-state index >= 15 is 0 Å². The van der Waals surface area contributed by atoms with Crippen LogP contribution in [0.2, 0.25) is 0 Å². The molecule has 0 bridgehead atoms. The van der Waals surface area contributed by atoms with Crippen molar-refractivity contribution in [1.29, 1.82) is 0 Å². The molecular formula is C24H23N3O2S. The molecule has 1 aromatic heterocycles. The highest BCUT2D eigenvalue weighted by atomic mass is 32.2. The minimum Gasteiger partial charge on any atom is -0.351 e. The van der Waals surface area contributed by atoms with Crippen LogP contribution in [0.4, 0.5) is 5.69 Å². The van der Waals surface area contributed by atoms with Crippen LogP contribution in [0.3, 0.4) is 0 Å². The molecule has 1 heterocycles. The Hall–Kier alpha value is -3.12. The molecule has 0 unspecified atom stereocenters. The summed E-state index contributed by atoms with van der Waals surface area (Å²) in [7, 11) is 0. The number of nitrogens with zero attached hydrogens (tertiary/aromatic N) is 1. The molecule has 1 aliphatic rings. The van der Waals surface area contributed by atoms with E-state index in [2.05, 4.69) is 33.8 Å². The fourth-order valence-electron chi connectivity index (χ4n) is 3.45. The van der Waals surface area contributed by atoms with Crippen LogP contribution < -0.4 is 10.6 Å². The summed E-state index contributed by atoms with van der Waals surface area (Å²) in [6.07, 6.45) is 6.73. The Morgan fingerprint density at radius 3 is 2.50 bits per heavy atom. The first kappa shape index (κ1) is 20.2. The van der Waals surface area contributed by atoms with Crippen LogP contribution in [0.5, 0.6) is 0 Å². The molecule has 0 radical (unpaired) electrons. The van der Waals surface area contributed by atoms with Gasteiger partial charge in [-0.3, -0.25) is 14.6 Å². The standard InChI is InChI=1S/C24H23N3O2S/c28-23(16-30-22-9-6-18-2-1-3-20(18)14-22)26-15-17-4-7-21(8-5-17)27-24(29)19-10-12-25-13-11-19/h4-14H,1-3,15-16H2,(H,26,28)(H,27,29). The number of aryl methyl sites for hydroxylation is 2. The summed E-state index contributed by atoms with van der Waals surface area (Å²) in [5, 5.41) is 5.80. The maximum Gasteiger partial charge on any atom is 0.255 e. The number of fused-ring (bicyclic) bond motifs is 1. The zero-order valence-electron chi connectivity index (χ0n) is 16.6. The largest absolute Gasteiger partial charge is 0.351 e. The summed E-state index contributed by atoms with van der Waals surface area (Å²) in [5.74, 6) is 0.233. The van der Waals surface area contributed by atoms with Crippen LogP contribution in [-0.2, 0) is 24.2 Å². The number of pyridine rings is 1. The SMILES string of the molecule is O=C(CSc1ccc2c(c1)CCC2)NCc1ccc(NC(=O)c2ccncc2)cc1. The molecule has 0 saturated carbocycles. The topological polar surface area (TPSA) is 71.1 Å². The van der Waals surface area contributed by atoms with Crippen molar-refractivity contribution in [3.05, 3.63) is 89.2 Å². The predicted molar refractivity (Wildman–Crippen MR) is 120 cm³/mol. The summed E-state index contributed by atoms with van der Waals surface area (Å²) >= 11 is 1.57. The molecular weight excluding hydrogens is 394 g/mol. The van der Waals surface area contributed by atoms with E-state index in [-0.39, 0.29) is 11.8 Å². The number of hydrogen-bond donors (Lipinski definition) is 2. The summed E-state index contributed by atoms with van der Waals surface area (Å²) < 4.78 is 0. The van der Waals surface area contributed by atoms with E-state index in [9.17, 15) is 9.59 Å². The fraction of sp³-hybridized carbons (Fsp3) is 0.208. The maximum atomic E-state index is 12.2. The Kier molecular flexibility index (Phi) is 6.44. The monoisotopic (exact) mass is 417 g/mol. The number of aromatic nitrogens is 1. The van der Waals surface area contributed by atoms with Crippen molar-refractivity contribution in [2.75, 3.05) is 11.1 Å². The maximum absolute atomic E-state index is 12.2. The highest BCUT2D eigenvalue weighted by molar-refractivity contribution is 8.00. The molecule has 1 aliphatic carbocycles. The second-order valence-corrected chi connectivity index (χ2v) is 8.29. The van der Waals surface area contributed by atoms with E-state index in [4.69, 9.17) is 0 Å². The van der Waals surface area contributed by atoms with Gasteiger partial charge >= 0.3 is 0 Å². The Labute approximate surface area is 180 Å². The number of nitrogens with one attached hydrogen (secondary N) is 2.